The third-order valence-corrected chi connectivity index (χ3v) is 9.87. The Hall–Kier alpha value is -4.33. The number of aromatic nitrogens is 3. The fraction of sp³-hybridized carbons (Fsp3) is 0.429. The first-order chi connectivity index (χ1) is 23.0. The first-order valence-electron chi connectivity index (χ1n) is 16.2. The second kappa shape index (κ2) is 15.3. The van der Waals surface area contributed by atoms with E-state index in [1.165, 1.54) is 0 Å². The van der Waals surface area contributed by atoms with Crippen LogP contribution in [0.4, 0.5) is 5.82 Å². The molecule has 2 N–H and O–H groups in total. The molecule has 12 nitrogen and oxygen atoms in total. The maximum atomic E-state index is 14.0. The zero-order chi connectivity index (χ0) is 34.4. The minimum absolute atomic E-state index is 0.0365. The van der Waals surface area contributed by atoms with Gasteiger partial charge in [0.1, 0.15) is 11.6 Å². The first-order valence-corrected chi connectivity index (χ1v) is 17.7. The summed E-state index contributed by atoms with van der Waals surface area (Å²) in [6.07, 6.45) is 2.34. The molecule has 1 fully saturated rings. The predicted octanol–water partition coefficient (Wildman–Crippen LogP) is 4.61. The van der Waals surface area contributed by atoms with E-state index in [4.69, 9.17) is 19.0 Å². The molecule has 0 aliphatic carbocycles. The molecule has 13 heteroatoms. The van der Waals surface area contributed by atoms with Crippen LogP contribution < -0.4 is 15.6 Å². The summed E-state index contributed by atoms with van der Waals surface area (Å²) in [6, 6.07) is 12.4. The molecule has 256 valence electrons. The molecule has 1 saturated heterocycles. The molecule has 0 radical (unpaired) electrons. The summed E-state index contributed by atoms with van der Waals surface area (Å²) in [5.74, 6) is 1.08. The molecule has 2 aromatic carbocycles. The van der Waals surface area contributed by atoms with Gasteiger partial charge in [-0.05, 0) is 56.9 Å². The molecule has 4 aromatic rings. The lowest BCUT2D eigenvalue weighted by Gasteiger charge is -2.26. The van der Waals surface area contributed by atoms with Gasteiger partial charge in [0.25, 0.3) is 15.6 Å². The molecule has 1 amide bonds. The second-order valence-corrected chi connectivity index (χ2v) is 13.7. The van der Waals surface area contributed by atoms with Gasteiger partial charge in [-0.3, -0.25) is 18.9 Å². The van der Waals surface area contributed by atoms with Gasteiger partial charge in [-0.25, -0.2) is 13.4 Å². The van der Waals surface area contributed by atoms with Gasteiger partial charge >= 0.3 is 0 Å². The fourth-order valence-electron chi connectivity index (χ4n) is 5.55. The monoisotopic (exact) mass is 677 g/mol. The quantitative estimate of drug-likeness (QED) is 0.184. The molecule has 0 spiro atoms. The Labute approximate surface area is 280 Å². The highest BCUT2D eigenvalue weighted by molar-refractivity contribution is 7.92. The number of rotatable bonds is 15. The Bertz CT molecular complexity index is 1950. The average Bonchev–Trinajstić information content (AvgIpc) is 3.36. The van der Waals surface area contributed by atoms with E-state index >= 15 is 0 Å². The number of nitrogens with one attached hydrogen (secondary N) is 2. The number of carbonyl (C=O) groups is 1. The van der Waals surface area contributed by atoms with Crippen molar-refractivity contribution in [3.63, 3.8) is 0 Å². The van der Waals surface area contributed by atoms with Gasteiger partial charge in [-0.15, -0.1) is 0 Å². The molecule has 0 unspecified atom stereocenters. The van der Waals surface area contributed by atoms with Crippen LogP contribution in [0, 0.1) is 20.8 Å². The topological polar surface area (TPSA) is 155 Å². The zero-order valence-corrected chi connectivity index (χ0v) is 28.9. The number of sulfonamides is 1. The molecule has 1 aliphatic heterocycles. The molecule has 48 heavy (non-hydrogen) atoms. The van der Waals surface area contributed by atoms with Gasteiger partial charge in [0, 0.05) is 35.4 Å². The number of anilines is 1. The van der Waals surface area contributed by atoms with Crippen molar-refractivity contribution in [1.82, 2.24) is 20.0 Å². The van der Waals surface area contributed by atoms with Crippen molar-refractivity contribution >= 4 is 21.7 Å². The van der Waals surface area contributed by atoms with Crippen molar-refractivity contribution in [2.24, 2.45) is 0 Å². The highest BCUT2D eigenvalue weighted by Crippen LogP contribution is 2.33. The van der Waals surface area contributed by atoms with Crippen LogP contribution in [0.5, 0.6) is 0 Å². The Morgan fingerprint density at radius 1 is 1.08 bits per heavy atom. The molecule has 3 heterocycles. The van der Waals surface area contributed by atoms with Gasteiger partial charge in [-0.2, -0.15) is 0 Å². The molecule has 0 bridgehead atoms. The lowest BCUT2D eigenvalue weighted by atomic mass is 9.97. The van der Waals surface area contributed by atoms with E-state index < -0.39 is 10.0 Å². The number of carbonyl (C=O) groups excluding carboxylic acids is 1. The third kappa shape index (κ3) is 7.86. The van der Waals surface area contributed by atoms with Crippen molar-refractivity contribution in [3.8, 4) is 11.1 Å². The van der Waals surface area contributed by atoms with Crippen LogP contribution in [0.2, 0.25) is 0 Å². The van der Waals surface area contributed by atoms with E-state index in [1.54, 1.807) is 49.6 Å². The van der Waals surface area contributed by atoms with Crippen LogP contribution in [0.3, 0.4) is 0 Å². The number of aryl methyl sites for hydroxylation is 3. The third-order valence-electron chi connectivity index (χ3n) is 8.47. The van der Waals surface area contributed by atoms with Crippen molar-refractivity contribution in [1.29, 1.82) is 0 Å². The molecular weight excluding hydrogens is 634 g/mol. The lowest BCUT2D eigenvalue weighted by Crippen LogP contribution is -2.49. The fourth-order valence-corrected chi connectivity index (χ4v) is 6.83. The SMILES string of the molecule is CCCCc1nc(C)c(CC(=O)NC2COC2)c(=O)n1Cc1ccc(-c2ccccc2S(=O)(=O)Nc2noc(C)c2C)c(COCC)c1. The van der Waals surface area contributed by atoms with Gasteiger partial charge in [-0.1, -0.05) is 54.9 Å². The van der Waals surface area contributed by atoms with Crippen LogP contribution in [0.25, 0.3) is 11.1 Å². The van der Waals surface area contributed by atoms with Crippen LogP contribution >= 0.6 is 0 Å². The summed E-state index contributed by atoms with van der Waals surface area (Å²) in [6.45, 7) is 11.0. The van der Waals surface area contributed by atoms with Crippen molar-refractivity contribution < 1.29 is 27.2 Å². The van der Waals surface area contributed by atoms with Crippen LogP contribution in [0.1, 0.15) is 66.2 Å². The Balaban J connectivity index is 1.52. The first kappa shape index (κ1) is 35.0. The molecule has 5 rings (SSSR count). The van der Waals surface area contributed by atoms with E-state index in [9.17, 15) is 18.0 Å². The van der Waals surface area contributed by atoms with E-state index in [-0.39, 0.29) is 47.8 Å². The maximum absolute atomic E-state index is 14.0. The largest absolute Gasteiger partial charge is 0.377 e. The highest BCUT2D eigenvalue weighted by Gasteiger charge is 2.25. The Kier molecular flexibility index (Phi) is 11.1. The molecule has 0 atom stereocenters. The average molecular weight is 678 g/mol. The number of hydrogen-bond donors (Lipinski definition) is 2. The summed E-state index contributed by atoms with van der Waals surface area (Å²) >= 11 is 0. The van der Waals surface area contributed by atoms with Crippen LogP contribution in [-0.2, 0) is 50.3 Å². The van der Waals surface area contributed by atoms with Gasteiger partial charge < -0.3 is 19.3 Å². The molecule has 0 saturated carbocycles. The zero-order valence-electron chi connectivity index (χ0n) is 28.1. The van der Waals surface area contributed by atoms with Gasteiger partial charge in [0.15, 0.2) is 5.82 Å². The van der Waals surface area contributed by atoms with Crippen molar-refractivity contribution in [3.05, 3.63) is 92.4 Å². The molecule has 1 aliphatic rings. The molecular formula is C35H43N5O7S. The van der Waals surface area contributed by atoms with Crippen molar-refractivity contribution in [2.45, 2.75) is 84.4 Å². The van der Waals surface area contributed by atoms with Crippen LogP contribution in [0.15, 0.2) is 56.7 Å². The number of unbranched alkanes of at least 4 members (excludes halogenated alkanes) is 1. The number of nitrogens with zero attached hydrogens (tertiary/aromatic N) is 3. The Morgan fingerprint density at radius 3 is 2.52 bits per heavy atom. The van der Waals surface area contributed by atoms with Gasteiger partial charge in [0.2, 0.25) is 5.91 Å². The highest BCUT2D eigenvalue weighted by atomic mass is 32.2. The van der Waals surface area contributed by atoms with E-state index in [0.717, 1.165) is 24.0 Å². The van der Waals surface area contributed by atoms with Gasteiger partial charge in [0.05, 0.1) is 43.7 Å². The lowest BCUT2D eigenvalue weighted by molar-refractivity contribution is -0.124. The Morgan fingerprint density at radius 2 is 1.85 bits per heavy atom. The summed E-state index contributed by atoms with van der Waals surface area (Å²) in [5, 5.41) is 6.78. The standard InChI is InChI=1S/C35H43N5O7S/c1-6-8-13-32-36-23(4)30(17-33(41)37-27-20-46-21-27)35(42)40(32)18-25-14-15-28(26(16-25)19-45-7-2)29-11-9-10-12-31(29)48(43,44)39-34-22(3)24(5)47-38-34/h9-12,14-16,27H,6-8,13,17-21H2,1-5H3,(H,37,41)(H,38,39). The smallest absolute Gasteiger partial charge is 0.263 e. The summed E-state index contributed by atoms with van der Waals surface area (Å²) in [5.41, 5.74) is 4.02. The summed E-state index contributed by atoms with van der Waals surface area (Å²) < 4.78 is 47.7. The summed E-state index contributed by atoms with van der Waals surface area (Å²) in [4.78, 5) is 31.6. The number of ether oxygens (including phenoxy) is 2. The normalized spacial score (nSPS) is 13.4. The second-order valence-electron chi connectivity index (χ2n) is 12.0. The summed E-state index contributed by atoms with van der Waals surface area (Å²) in [7, 11) is -4.05. The van der Waals surface area contributed by atoms with Crippen molar-refractivity contribution in [2.75, 3.05) is 24.5 Å². The molecule has 2 aromatic heterocycles. The maximum Gasteiger partial charge on any atom is 0.263 e. The minimum atomic E-state index is -4.05. The van der Waals surface area contributed by atoms with E-state index in [0.29, 0.717) is 65.8 Å². The van der Waals surface area contributed by atoms with E-state index in [1.807, 2.05) is 25.1 Å². The number of amides is 1. The van der Waals surface area contributed by atoms with Crippen LogP contribution in [-0.4, -0.2) is 54.9 Å². The van der Waals surface area contributed by atoms with E-state index in [2.05, 4.69) is 22.1 Å². The minimum Gasteiger partial charge on any atom is -0.377 e. The number of benzene rings is 2. The number of hydrogen-bond acceptors (Lipinski definition) is 9. The predicted molar refractivity (Wildman–Crippen MR) is 181 cm³/mol.